The maximum atomic E-state index is 12.5. The van der Waals surface area contributed by atoms with Crippen molar-refractivity contribution in [1.82, 2.24) is 25.8 Å². The Morgan fingerprint density at radius 3 is 2.62 bits per heavy atom. The van der Waals surface area contributed by atoms with Crippen molar-refractivity contribution in [3.05, 3.63) is 27.8 Å². The van der Waals surface area contributed by atoms with Gasteiger partial charge in [-0.2, -0.15) is 18.2 Å². The van der Waals surface area contributed by atoms with E-state index >= 15 is 0 Å². The van der Waals surface area contributed by atoms with Gasteiger partial charge in [-0.25, -0.2) is 4.98 Å². The molecule has 0 aliphatic heterocycles. The average molecular weight is 504 g/mol. The van der Waals surface area contributed by atoms with Gasteiger partial charge < -0.3 is 15.2 Å². The van der Waals surface area contributed by atoms with Crippen LogP contribution in [0.15, 0.2) is 14.9 Å². The van der Waals surface area contributed by atoms with Crippen LogP contribution in [0.4, 0.5) is 13.2 Å². The summed E-state index contributed by atoms with van der Waals surface area (Å²) in [5, 5.41) is 11.3. The fourth-order valence-corrected chi connectivity index (χ4v) is 2.68. The standard InChI is InChI=1S/C14H19F3N6OS.HI/c1-3-18-13(19-6-4-11-21-9(2)23-24-11)20-7-5-12-22-10(8-25-12)14(15,16)17;/h8H,3-7H2,1-2H3,(H2,18,19,20);1H. The predicted molar refractivity (Wildman–Crippen MR) is 103 cm³/mol. The second kappa shape index (κ2) is 10.6. The van der Waals surface area contributed by atoms with E-state index in [1.807, 2.05) is 6.92 Å². The average Bonchev–Trinajstić information content (AvgIpc) is 3.16. The van der Waals surface area contributed by atoms with Gasteiger partial charge in [-0.3, -0.25) is 4.99 Å². The maximum Gasteiger partial charge on any atom is 0.434 e. The third-order valence-corrected chi connectivity index (χ3v) is 3.89. The van der Waals surface area contributed by atoms with Crippen molar-refractivity contribution in [3.63, 3.8) is 0 Å². The highest BCUT2D eigenvalue weighted by molar-refractivity contribution is 14.0. The summed E-state index contributed by atoms with van der Waals surface area (Å²) in [6.45, 7) is 5.22. The van der Waals surface area contributed by atoms with E-state index in [2.05, 4.69) is 30.8 Å². The van der Waals surface area contributed by atoms with Crippen LogP contribution >= 0.6 is 35.3 Å². The molecule has 0 saturated heterocycles. The summed E-state index contributed by atoms with van der Waals surface area (Å²) >= 11 is 0.990. The minimum absolute atomic E-state index is 0. The number of aliphatic imine (C=N–C) groups is 1. The first-order valence-electron chi connectivity index (χ1n) is 7.71. The topological polar surface area (TPSA) is 88.2 Å². The van der Waals surface area contributed by atoms with E-state index in [0.717, 1.165) is 16.7 Å². The molecule has 0 fully saturated rings. The lowest BCUT2D eigenvalue weighted by atomic mass is 10.4. The van der Waals surface area contributed by atoms with Gasteiger partial charge in [0, 0.05) is 37.9 Å². The van der Waals surface area contributed by atoms with Crippen molar-refractivity contribution in [1.29, 1.82) is 0 Å². The summed E-state index contributed by atoms with van der Waals surface area (Å²) in [6.07, 6.45) is -3.51. The zero-order chi connectivity index (χ0) is 18.3. The van der Waals surface area contributed by atoms with Gasteiger partial charge in [-0.05, 0) is 13.8 Å². The molecule has 7 nitrogen and oxygen atoms in total. The van der Waals surface area contributed by atoms with Crippen LogP contribution in [0.2, 0.25) is 0 Å². The van der Waals surface area contributed by atoms with Crippen LogP contribution in [0, 0.1) is 6.92 Å². The first-order valence-corrected chi connectivity index (χ1v) is 8.59. The van der Waals surface area contributed by atoms with Gasteiger partial charge in [0.15, 0.2) is 17.5 Å². The highest BCUT2D eigenvalue weighted by atomic mass is 127. The molecule has 2 aromatic rings. The van der Waals surface area contributed by atoms with Crippen LogP contribution in [-0.4, -0.2) is 40.7 Å². The molecule has 2 N–H and O–H groups in total. The molecule has 2 aromatic heterocycles. The molecule has 0 atom stereocenters. The van der Waals surface area contributed by atoms with Crippen molar-refractivity contribution < 1.29 is 17.7 Å². The molecule has 0 aliphatic rings. The Balaban J connectivity index is 0.00000338. The Morgan fingerprint density at radius 2 is 2.04 bits per heavy atom. The minimum atomic E-state index is -4.40. The number of halogens is 4. The first kappa shape index (κ1) is 22.6. The number of rotatable bonds is 7. The van der Waals surface area contributed by atoms with Gasteiger partial charge in [0.1, 0.15) is 0 Å². The van der Waals surface area contributed by atoms with Crippen LogP contribution in [0.5, 0.6) is 0 Å². The van der Waals surface area contributed by atoms with E-state index in [4.69, 9.17) is 4.52 Å². The zero-order valence-electron chi connectivity index (χ0n) is 14.3. The van der Waals surface area contributed by atoms with E-state index in [-0.39, 0.29) is 24.0 Å². The molecule has 12 heteroatoms. The minimum Gasteiger partial charge on any atom is -0.357 e. The molecular weight excluding hydrogens is 484 g/mol. The fourth-order valence-electron chi connectivity index (χ4n) is 1.89. The summed E-state index contributed by atoms with van der Waals surface area (Å²) < 4.78 is 42.6. The molecular formula is C14H20F3IN6OS. The molecule has 0 saturated carbocycles. The number of alkyl halides is 3. The fraction of sp³-hybridized carbons (Fsp3) is 0.571. The molecule has 2 rings (SSSR count). The lowest BCUT2D eigenvalue weighted by Crippen LogP contribution is -2.38. The molecule has 0 spiro atoms. The molecule has 0 unspecified atom stereocenters. The van der Waals surface area contributed by atoms with E-state index in [1.54, 1.807) is 6.92 Å². The molecule has 0 bridgehead atoms. The molecule has 0 aliphatic carbocycles. The van der Waals surface area contributed by atoms with Crippen LogP contribution < -0.4 is 10.6 Å². The molecule has 2 heterocycles. The third kappa shape index (κ3) is 7.43. The Hall–Kier alpha value is -1.44. The molecule has 146 valence electrons. The third-order valence-electron chi connectivity index (χ3n) is 2.98. The normalized spacial score (nSPS) is 12.0. The highest BCUT2D eigenvalue weighted by Gasteiger charge is 2.33. The SMILES string of the molecule is CCNC(=NCCc1nc(C(F)(F)F)cs1)NCCc1nc(C)no1.I. The van der Waals surface area contributed by atoms with Crippen LogP contribution in [0.25, 0.3) is 0 Å². The number of nitrogens with zero attached hydrogens (tertiary/aromatic N) is 4. The Morgan fingerprint density at radius 1 is 1.27 bits per heavy atom. The second-order valence-corrected chi connectivity index (χ2v) is 5.99. The van der Waals surface area contributed by atoms with Crippen LogP contribution in [0.1, 0.15) is 29.3 Å². The summed E-state index contributed by atoms with van der Waals surface area (Å²) in [5.74, 6) is 1.69. The lowest BCUT2D eigenvalue weighted by molar-refractivity contribution is -0.140. The van der Waals surface area contributed by atoms with Crippen LogP contribution in [-0.2, 0) is 19.0 Å². The van der Waals surface area contributed by atoms with Gasteiger partial charge in [0.2, 0.25) is 5.89 Å². The number of guanidine groups is 1. The molecule has 0 radical (unpaired) electrons. The molecule has 0 amide bonds. The monoisotopic (exact) mass is 504 g/mol. The number of thiazole rings is 1. The predicted octanol–water partition coefficient (Wildman–Crippen LogP) is 2.81. The number of hydrogen-bond acceptors (Lipinski definition) is 6. The highest BCUT2D eigenvalue weighted by Crippen LogP contribution is 2.30. The van der Waals surface area contributed by atoms with Crippen LogP contribution in [0.3, 0.4) is 0 Å². The Bertz CT molecular complexity index is 703. The number of aryl methyl sites for hydroxylation is 1. The molecule has 0 aromatic carbocycles. The first-order chi connectivity index (χ1) is 11.9. The van der Waals surface area contributed by atoms with Gasteiger partial charge in [0.05, 0.1) is 5.01 Å². The van der Waals surface area contributed by atoms with E-state index < -0.39 is 11.9 Å². The quantitative estimate of drug-likeness (QED) is 0.343. The van der Waals surface area contributed by atoms with Gasteiger partial charge in [-0.15, -0.1) is 35.3 Å². The Kier molecular flexibility index (Phi) is 9.25. The van der Waals surface area contributed by atoms with Crippen molar-refractivity contribution in [3.8, 4) is 0 Å². The van der Waals surface area contributed by atoms with E-state index in [1.165, 1.54) is 0 Å². The van der Waals surface area contributed by atoms with Gasteiger partial charge >= 0.3 is 6.18 Å². The lowest BCUT2D eigenvalue weighted by Gasteiger charge is -2.09. The zero-order valence-corrected chi connectivity index (χ0v) is 17.4. The molecule has 26 heavy (non-hydrogen) atoms. The summed E-state index contributed by atoms with van der Waals surface area (Å²) in [7, 11) is 0. The van der Waals surface area contributed by atoms with Crippen molar-refractivity contribution in [2.45, 2.75) is 32.9 Å². The summed E-state index contributed by atoms with van der Waals surface area (Å²) in [4.78, 5) is 12.0. The van der Waals surface area contributed by atoms with Gasteiger partial charge in [0.25, 0.3) is 0 Å². The largest absolute Gasteiger partial charge is 0.434 e. The number of aromatic nitrogens is 3. The number of hydrogen-bond donors (Lipinski definition) is 2. The van der Waals surface area contributed by atoms with Gasteiger partial charge in [-0.1, -0.05) is 5.16 Å². The van der Waals surface area contributed by atoms with Crippen molar-refractivity contribution in [2.24, 2.45) is 4.99 Å². The Labute approximate surface area is 169 Å². The smallest absolute Gasteiger partial charge is 0.357 e. The van der Waals surface area contributed by atoms with Crippen molar-refractivity contribution >= 4 is 41.3 Å². The summed E-state index contributed by atoms with van der Waals surface area (Å²) in [5.41, 5.74) is -0.851. The number of nitrogens with one attached hydrogen (secondary N) is 2. The van der Waals surface area contributed by atoms with E-state index in [0.29, 0.717) is 55.2 Å². The maximum absolute atomic E-state index is 12.5. The second-order valence-electron chi connectivity index (χ2n) is 5.05. The summed E-state index contributed by atoms with van der Waals surface area (Å²) in [6, 6.07) is 0. The van der Waals surface area contributed by atoms with E-state index in [9.17, 15) is 13.2 Å². The van der Waals surface area contributed by atoms with Crippen molar-refractivity contribution in [2.75, 3.05) is 19.6 Å².